The largest absolute Gasteiger partial charge is 0.466 e. The fourth-order valence-corrected chi connectivity index (χ4v) is 14.0. The predicted molar refractivity (Wildman–Crippen MR) is 312 cm³/mol. The van der Waals surface area contributed by atoms with Crippen molar-refractivity contribution in [2.24, 2.45) is 35.5 Å². The van der Waals surface area contributed by atoms with E-state index in [4.69, 9.17) is 61.1 Å². The highest BCUT2D eigenvalue weighted by Gasteiger charge is 2.40. The van der Waals surface area contributed by atoms with Crippen LogP contribution >= 0.6 is 46.7 Å². The number of allylic oxidation sites excluding steroid dienone is 1. The van der Waals surface area contributed by atoms with E-state index in [1.165, 1.54) is 0 Å². The zero-order valence-electron chi connectivity index (χ0n) is 48.8. The molecule has 18 nitrogen and oxygen atoms in total. The predicted octanol–water partition coefficient (Wildman–Crippen LogP) is 12.6. The van der Waals surface area contributed by atoms with E-state index >= 15 is 0 Å². The number of thioether (sulfide) groups is 2. The molecule has 1 aromatic rings. The van der Waals surface area contributed by atoms with Gasteiger partial charge in [0.1, 0.15) is 41.4 Å². The van der Waals surface area contributed by atoms with Crippen molar-refractivity contribution in [1.29, 1.82) is 10.5 Å². The summed E-state index contributed by atoms with van der Waals surface area (Å²) < 4.78 is 46.1. The molecule has 1 heterocycles. The van der Waals surface area contributed by atoms with Gasteiger partial charge in [0.2, 0.25) is 0 Å². The Bertz CT molecular complexity index is 2550. The van der Waals surface area contributed by atoms with Crippen LogP contribution in [-0.4, -0.2) is 98.1 Å². The first kappa shape index (κ1) is 68.1. The molecular formula is C62H82Cl2N2O16S2. The number of carbonyl (C=O) groups excluding carboxylic acids is 8. The quantitative estimate of drug-likeness (QED) is 0.0189. The van der Waals surface area contributed by atoms with Crippen molar-refractivity contribution in [2.75, 3.05) is 38.2 Å². The number of esters is 8. The number of hydrogen-bond donors (Lipinski definition) is 0. The Morgan fingerprint density at radius 1 is 0.476 bits per heavy atom. The number of fused-ring (bicyclic) bond motifs is 1. The number of ether oxygens (including phenoxy) is 8. The van der Waals surface area contributed by atoms with Gasteiger partial charge in [0.25, 0.3) is 0 Å². The summed E-state index contributed by atoms with van der Waals surface area (Å²) in [5, 5.41) is 19.8. The van der Waals surface area contributed by atoms with Crippen LogP contribution in [0.3, 0.4) is 0 Å². The van der Waals surface area contributed by atoms with Gasteiger partial charge >= 0.3 is 47.8 Å². The van der Waals surface area contributed by atoms with Crippen LogP contribution < -0.4 is 9.47 Å². The molecule has 0 bridgehead atoms. The van der Waals surface area contributed by atoms with E-state index in [1.54, 1.807) is 6.07 Å². The van der Waals surface area contributed by atoms with Crippen LogP contribution in [0.4, 0.5) is 0 Å². The molecule has 0 saturated heterocycles. The van der Waals surface area contributed by atoms with E-state index in [9.17, 15) is 48.9 Å². The van der Waals surface area contributed by atoms with Gasteiger partial charge in [-0.25, -0.2) is 0 Å². The highest BCUT2D eigenvalue weighted by molar-refractivity contribution is 8.24. The van der Waals surface area contributed by atoms with Crippen LogP contribution in [-0.2, 0) is 72.2 Å². The fourth-order valence-electron chi connectivity index (χ4n) is 11.2. The normalized spacial score (nSPS) is 23.1. The monoisotopic (exact) mass is 1240 g/mol. The molecule has 0 amide bonds. The van der Waals surface area contributed by atoms with E-state index in [0.29, 0.717) is 162 Å². The number of carbonyl (C=O) groups is 8. The van der Waals surface area contributed by atoms with Crippen molar-refractivity contribution < 1.29 is 76.3 Å². The van der Waals surface area contributed by atoms with Crippen LogP contribution in [0.1, 0.15) is 193 Å². The van der Waals surface area contributed by atoms with Crippen LogP contribution in [0.5, 0.6) is 11.5 Å². The number of hydrogen-bond acceptors (Lipinski definition) is 20. The molecule has 1 aromatic carbocycles. The van der Waals surface area contributed by atoms with Gasteiger partial charge in [-0.05, 0) is 166 Å². The number of nitrogens with zero attached hydrogens (tertiary/aromatic N) is 2. The standard InChI is InChI=1S/C62H82Cl2N2O16S2/c1-62(2,3)48-36-49(81-59(73)43-20-24-46(25-21-43)79-57(71)41-16-12-39(13-17-41)55(69)77-34-10-6-4-8-32-75-50(67)28-30-63)53-54(84-61(83-53)45(37-65)38-66)52(48)82-60(74)44-22-26-47(27-23-44)80-58(72)42-18-14-40(15-19-42)56(70)78-35-11-7-5-9-33-76-51(68)29-31-64/h36,39-44,46-47H,4-35H2,1-3H3. The summed E-state index contributed by atoms with van der Waals surface area (Å²) in [6, 6.07) is 5.61. The Morgan fingerprint density at radius 2 is 0.821 bits per heavy atom. The van der Waals surface area contributed by atoms with Gasteiger partial charge in [-0.1, -0.05) is 44.3 Å². The van der Waals surface area contributed by atoms with Gasteiger partial charge in [-0.15, -0.1) is 23.2 Å². The summed E-state index contributed by atoms with van der Waals surface area (Å²) in [7, 11) is 0. The van der Waals surface area contributed by atoms with Crippen molar-refractivity contribution in [3.05, 3.63) is 21.4 Å². The van der Waals surface area contributed by atoms with Crippen LogP contribution in [0.2, 0.25) is 0 Å². The van der Waals surface area contributed by atoms with Crippen molar-refractivity contribution in [3.63, 3.8) is 0 Å². The second-order valence-corrected chi connectivity index (χ2v) is 26.5. The van der Waals surface area contributed by atoms with Gasteiger partial charge in [-0.2, -0.15) is 10.5 Å². The Labute approximate surface area is 512 Å². The summed E-state index contributed by atoms with van der Waals surface area (Å²) >= 11 is 13.3. The number of nitriles is 2. The lowest BCUT2D eigenvalue weighted by Gasteiger charge is -2.31. The lowest BCUT2D eigenvalue weighted by Crippen LogP contribution is -2.34. The molecule has 0 spiro atoms. The van der Waals surface area contributed by atoms with Crippen molar-refractivity contribution in [3.8, 4) is 23.6 Å². The molecule has 5 aliphatic rings. The third kappa shape index (κ3) is 21.1. The third-order valence-corrected chi connectivity index (χ3v) is 19.2. The van der Waals surface area contributed by atoms with Crippen molar-refractivity contribution in [1.82, 2.24) is 0 Å². The average molecular weight is 1250 g/mol. The Kier molecular flexibility index (Phi) is 28.3. The molecule has 0 unspecified atom stereocenters. The van der Waals surface area contributed by atoms with E-state index < -0.39 is 29.2 Å². The zero-order valence-corrected chi connectivity index (χ0v) is 52.0. The summed E-state index contributed by atoms with van der Waals surface area (Å²) in [6.45, 7) is 7.17. The molecule has 462 valence electrons. The first-order valence-electron chi connectivity index (χ1n) is 30.1. The van der Waals surface area contributed by atoms with Gasteiger partial charge in [0, 0.05) is 17.3 Å². The molecule has 0 atom stereocenters. The molecule has 22 heteroatoms. The zero-order chi connectivity index (χ0) is 60.6. The lowest BCUT2D eigenvalue weighted by molar-refractivity contribution is -0.161. The molecule has 4 saturated carbocycles. The molecule has 6 rings (SSSR count). The second-order valence-electron chi connectivity index (χ2n) is 23.5. The lowest BCUT2D eigenvalue weighted by atomic mass is 9.82. The Morgan fingerprint density at radius 3 is 1.20 bits per heavy atom. The topological polar surface area (TPSA) is 258 Å². The maximum absolute atomic E-state index is 14.1. The van der Waals surface area contributed by atoms with Crippen molar-refractivity contribution >= 4 is 94.5 Å². The van der Waals surface area contributed by atoms with Gasteiger partial charge in [0.15, 0.2) is 0 Å². The van der Waals surface area contributed by atoms with E-state index in [1.807, 2.05) is 32.9 Å². The highest BCUT2D eigenvalue weighted by Crippen LogP contribution is 2.61. The van der Waals surface area contributed by atoms with Crippen LogP contribution in [0, 0.1) is 58.2 Å². The van der Waals surface area contributed by atoms with Gasteiger partial charge in [0.05, 0.1) is 88.8 Å². The van der Waals surface area contributed by atoms with E-state index in [2.05, 4.69) is 0 Å². The van der Waals surface area contributed by atoms with Crippen LogP contribution in [0.25, 0.3) is 0 Å². The SMILES string of the molecule is CC(C)(C)c1cc(OC(=O)C2CCC(OC(=O)C3CCC(C(=O)OCCCCCCOC(=O)CCCl)CC3)CC2)c2c(c1OC(=O)C1CCC(OC(=O)C3CCC(C(=O)OCCCCCCOC(=O)CCCl)CC3)CC1)SC(=C(C#N)C#N)S2. The molecule has 84 heavy (non-hydrogen) atoms. The molecule has 4 aliphatic carbocycles. The maximum Gasteiger partial charge on any atom is 0.314 e. The van der Waals surface area contributed by atoms with Crippen molar-refractivity contribution in [2.45, 2.75) is 215 Å². The summed E-state index contributed by atoms with van der Waals surface area (Å²) in [4.78, 5) is 104. The smallest absolute Gasteiger partial charge is 0.314 e. The Hall–Kier alpha value is -5.02. The summed E-state index contributed by atoms with van der Waals surface area (Å²) in [5.74, 6) is -3.80. The first-order valence-corrected chi connectivity index (χ1v) is 32.8. The van der Waals surface area contributed by atoms with E-state index in [-0.39, 0.29) is 113 Å². The first-order chi connectivity index (χ1) is 40.4. The molecule has 4 fully saturated rings. The molecule has 1 aliphatic heterocycles. The number of benzene rings is 1. The minimum Gasteiger partial charge on any atom is -0.466 e. The third-order valence-electron chi connectivity index (χ3n) is 16.3. The number of rotatable bonds is 28. The molecule has 0 radical (unpaired) electrons. The van der Waals surface area contributed by atoms with Crippen LogP contribution in [0.15, 0.2) is 25.7 Å². The number of alkyl halides is 2. The summed E-state index contributed by atoms with van der Waals surface area (Å²) in [5.41, 5.74) is -0.178. The average Bonchev–Trinajstić information content (AvgIpc) is 2.98. The Balaban J connectivity index is 0.937. The highest BCUT2D eigenvalue weighted by atomic mass is 35.5. The fraction of sp³-hybridized carbons (Fsp3) is 0.710. The minimum absolute atomic E-state index is 0.132. The number of halogens is 2. The summed E-state index contributed by atoms with van der Waals surface area (Å²) in [6.07, 6.45) is 13.7. The molecule has 0 N–H and O–H groups in total. The van der Waals surface area contributed by atoms with E-state index in [0.717, 1.165) is 62.0 Å². The number of unbranched alkanes of at least 4 members (excludes halogenated alkanes) is 6. The molecule has 0 aromatic heterocycles. The second kappa shape index (κ2) is 35.0. The maximum atomic E-state index is 14.1. The molecular weight excluding hydrogens is 1160 g/mol. The van der Waals surface area contributed by atoms with Gasteiger partial charge in [-0.3, -0.25) is 38.4 Å². The van der Waals surface area contributed by atoms with Gasteiger partial charge < -0.3 is 37.9 Å². The minimum atomic E-state index is -0.634.